The van der Waals surface area contributed by atoms with Crippen LogP contribution in [0.25, 0.3) is 0 Å². The maximum Gasteiger partial charge on any atom is 0.275 e. The van der Waals surface area contributed by atoms with Gasteiger partial charge in [0.2, 0.25) is 11.8 Å². The van der Waals surface area contributed by atoms with Crippen molar-refractivity contribution in [2.75, 3.05) is 14.1 Å². The Labute approximate surface area is 144 Å². The molecule has 0 saturated heterocycles. The van der Waals surface area contributed by atoms with Crippen LogP contribution in [0.5, 0.6) is 5.75 Å². The van der Waals surface area contributed by atoms with Crippen molar-refractivity contribution in [3.63, 3.8) is 0 Å². The molecule has 0 spiro atoms. The zero-order valence-electron chi connectivity index (χ0n) is 14.3. The van der Waals surface area contributed by atoms with Crippen LogP contribution in [0, 0.1) is 5.82 Å². The lowest BCUT2D eigenvalue weighted by atomic mass is 10.2. The molecule has 134 valence electrons. The number of halogens is 1. The van der Waals surface area contributed by atoms with E-state index in [9.17, 15) is 14.0 Å². The van der Waals surface area contributed by atoms with E-state index in [1.165, 1.54) is 30.3 Å². The van der Waals surface area contributed by atoms with Gasteiger partial charge in [0.25, 0.3) is 5.91 Å². The molecule has 0 saturated carbocycles. The van der Waals surface area contributed by atoms with Crippen molar-refractivity contribution in [2.45, 2.75) is 26.0 Å². The Bertz CT molecular complexity index is 747. The van der Waals surface area contributed by atoms with E-state index >= 15 is 0 Å². The molecule has 2 amide bonds. The first-order chi connectivity index (χ1) is 11.9. The lowest BCUT2D eigenvalue weighted by Crippen LogP contribution is -2.38. The summed E-state index contributed by atoms with van der Waals surface area (Å²) in [4.78, 5) is 29.2. The molecule has 1 aromatic carbocycles. The van der Waals surface area contributed by atoms with Gasteiger partial charge in [0.05, 0.1) is 0 Å². The van der Waals surface area contributed by atoms with Gasteiger partial charge in [-0.3, -0.25) is 9.59 Å². The molecular formula is C17H20FN3O4. The number of amides is 2. The lowest BCUT2D eigenvalue weighted by molar-refractivity contribution is -0.121. The third-order valence-corrected chi connectivity index (χ3v) is 3.70. The first-order valence-corrected chi connectivity index (χ1v) is 7.71. The number of ether oxygens (including phenoxy) is 1. The number of carbonyl (C=O) groups excluding carboxylic acids is 2. The Morgan fingerprint density at radius 3 is 2.80 bits per heavy atom. The summed E-state index contributed by atoms with van der Waals surface area (Å²) < 4.78 is 24.0. The topological polar surface area (TPSA) is 84.7 Å². The Morgan fingerprint density at radius 1 is 1.40 bits per heavy atom. The molecule has 1 unspecified atom stereocenters. The van der Waals surface area contributed by atoms with Gasteiger partial charge in [0, 0.05) is 26.6 Å². The molecule has 1 aromatic heterocycles. The lowest BCUT2D eigenvalue weighted by Gasteiger charge is -2.23. The van der Waals surface area contributed by atoms with Crippen LogP contribution in [0.3, 0.4) is 0 Å². The van der Waals surface area contributed by atoms with Crippen molar-refractivity contribution in [1.82, 2.24) is 15.2 Å². The van der Waals surface area contributed by atoms with Crippen LogP contribution in [0.1, 0.15) is 29.7 Å². The van der Waals surface area contributed by atoms with E-state index in [4.69, 9.17) is 9.15 Å². The summed E-state index contributed by atoms with van der Waals surface area (Å²) in [5.74, 6) is -0.805. The van der Waals surface area contributed by atoms with Crippen LogP contribution in [0.15, 0.2) is 34.9 Å². The summed E-state index contributed by atoms with van der Waals surface area (Å²) in [6.07, 6.45) is 1.39. The zero-order valence-corrected chi connectivity index (χ0v) is 14.3. The summed E-state index contributed by atoms with van der Waals surface area (Å²) >= 11 is 0. The summed E-state index contributed by atoms with van der Waals surface area (Å²) in [7, 11) is 3.12. The highest BCUT2D eigenvalue weighted by Gasteiger charge is 2.22. The van der Waals surface area contributed by atoms with Gasteiger partial charge >= 0.3 is 0 Å². The maximum absolute atomic E-state index is 13.5. The van der Waals surface area contributed by atoms with E-state index in [2.05, 4.69) is 10.3 Å². The first kappa shape index (κ1) is 18.4. The summed E-state index contributed by atoms with van der Waals surface area (Å²) in [6.45, 7) is 1.65. The smallest absolute Gasteiger partial charge is 0.275 e. The number of nitrogens with zero attached hydrogens (tertiary/aromatic N) is 2. The minimum atomic E-state index is -0.492. The molecule has 1 heterocycles. The van der Waals surface area contributed by atoms with Crippen molar-refractivity contribution in [1.29, 1.82) is 0 Å². The first-order valence-electron chi connectivity index (χ1n) is 7.71. The molecule has 2 aromatic rings. The number of nitrogens with one attached hydrogen (secondary N) is 1. The predicted molar refractivity (Wildman–Crippen MR) is 87.5 cm³/mol. The van der Waals surface area contributed by atoms with E-state index in [0.717, 1.165) is 0 Å². The van der Waals surface area contributed by atoms with Crippen molar-refractivity contribution in [3.8, 4) is 5.75 Å². The molecule has 0 aliphatic rings. The minimum Gasteiger partial charge on any atom is -0.481 e. The molecule has 25 heavy (non-hydrogen) atoms. The largest absolute Gasteiger partial charge is 0.481 e. The Kier molecular flexibility index (Phi) is 6.10. The molecule has 0 fully saturated rings. The number of oxazole rings is 1. The monoisotopic (exact) mass is 349 g/mol. The van der Waals surface area contributed by atoms with Crippen LogP contribution in [0.2, 0.25) is 0 Å². The van der Waals surface area contributed by atoms with Crippen molar-refractivity contribution < 1.29 is 23.1 Å². The van der Waals surface area contributed by atoms with Gasteiger partial charge in [-0.25, -0.2) is 9.37 Å². The third kappa shape index (κ3) is 4.79. The third-order valence-electron chi connectivity index (χ3n) is 3.70. The van der Waals surface area contributed by atoms with Gasteiger partial charge in [-0.05, 0) is 19.1 Å². The SMILES string of the molecule is CNC(=O)CC(C)N(C)C(=O)c1coc(COc2ccccc2F)n1. The van der Waals surface area contributed by atoms with Crippen LogP contribution in [0.4, 0.5) is 4.39 Å². The zero-order chi connectivity index (χ0) is 18.4. The second kappa shape index (κ2) is 8.27. The standard InChI is InChI=1S/C17H20FN3O4/c1-11(8-15(22)19-2)21(3)17(23)13-9-25-16(20-13)10-24-14-7-5-4-6-12(14)18/h4-7,9,11H,8,10H2,1-3H3,(H,19,22). The van der Waals surface area contributed by atoms with Crippen LogP contribution in [-0.2, 0) is 11.4 Å². The minimum absolute atomic E-state index is 0.0740. The van der Waals surface area contributed by atoms with E-state index in [1.54, 1.807) is 26.1 Å². The molecule has 0 bridgehead atoms. The van der Waals surface area contributed by atoms with E-state index < -0.39 is 5.82 Å². The highest BCUT2D eigenvalue weighted by atomic mass is 19.1. The summed E-state index contributed by atoms with van der Waals surface area (Å²) in [6, 6.07) is 5.66. The summed E-state index contributed by atoms with van der Waals surface area (Å²) in [5, 5.41) is 2.51. The fourth-order valence-corrected chi connectivity index (χ4v) is 2.06. The van der Waals surface area contributed by atoms with E-state index in [0.29, 0.717) is 0 Å². The van der Waals surface area contributed by atoms with Gasteiger partial charge in [-0.2, -0.15) is 0 Å². The van der Waals surface area contributed by atoms with Gasteiger partial charge in [0.1, 0.15) is 6.26 Å². The van der Waals surface area contributed by atoms with Crippen molar-refractivity contribution in [2.24, 2.45) is 0 Å². The molecule has 7 nitrogen and oxygen atoms in total. The Hall–Kier alpha value is -2.90. The number of carbonyl (C=O) groups is 2. The molecule has 8 heteroatoms. The number of rotatable bonds is 7. The number of aromatic nitrogens is 1. The fourth-order valence-electron chi connectivity index (χ4n) is 2.06. The quantitative estimate of drug-likeness (QED) is 0.826. The molecular weight excluding hydrogens is 329 g/mol. The Morgan fingerprint density at radius 2 is 2.12 bits per heavy atom. The fraction of sp³-hybridized carbons (Fsp3) is 0.353. The number of hydrogen-bond acceptors (Lipinski definition) is 5. The van der Waals surface area contributed by atoms with Crippen LogP contribution >= 0.6 is 0 Å². The van der Waals surface area contributed by atoms with Gasteiger partial charge in [-0.1, -0.05) is 12.1 Å². The van der Waals surface area contributed by atoms with E-state index in [1.807, 2.05) is 0 Å². The molecule has 0 radical (unpaired) electrons. The predicted octanol–water partition coefficient (Wildman–Crippen LogP) is 1.99. The van der Waals surface area contributed by atoms with Gasteiger partial charge < -0.3 is 19.4 Å². The maximum atomic E-state index is 13.5. The Balaban J connectivity index is 1.96. The normalized spacial score (nSPS) is 11.7. The highest BCUT2D eigenvalue weighted by molar-refractivity contribution is 5.92. The highest BCUT2D eigenvalue weighted by Crippen LogP contribution is 2.17. The van der Waals surface area contributed by atoms with Gasteiger partial charge in [0.15, 0.2) is 23.9 Å². The second-order valence-electron chi connectivity index (χ2n) is 5.49. The van der Waals surface area contributed by atoms with Crippen LogP contribution in [-0.4, -0.2) is 41.8 Å². The average molecular weight is 349 g/mol. The molecule has 0 aliphatic heterocycles. The van der Waals surface area contributed by atoms with E-state index in [-0.39, 0.29) is 48.2 Å². The number of benzene rings is 1. The van der Waals surface area contributed by atoms with Crippen molar-refractivity contribution >= 4 is 11.8 Å². The van der Waals surface area contributed by atoms with Gasteiger partial charge in [-0.15, -0.1) is 0 Å². The molecule has 0 aliphatic carbocycles. The average Bonchev–Trinajstić information content (AvgIpc) is 3.08. The number of para-hydroxylation sites is 1. The molecule has 1 N–H and O–H groups in total. The number of hydrogen-bond donors (Lipinski definition) is 1. The van der Waals surface area contributed by atoms with Crippen molar-refractivity contribution in [3.05, 3.63) is 47.9 Å². The second-order valence-corrected chi connectivity index (χ2v) is 5.49. The molecule has 2 rings (SSSR count). The summed E-state index contributed by atoms with van der Waals surface area (Å²) in [5.41, 5.74) is 0.0957. The molecule has 1 atom stereocenters. The van der Waals surface area contributed by atoms with Crippen LogP contribution < -0.4 is 10.1 Å².